The summed E-state index contributed by atoms with van der Waals surface area (Å²) >= 11 is 0. The van der Waals surface area contributed by atoms with Crippen LogP contribution in [0.2, 0.25) is 0 Å². The van der Waals surface area contributed by atoms with Crippen LogP contribution in [0.4, 0.5) is 0 Å². The molecule has 0 radical (unpaired) electrons. The van der Waals surface area contributed by atoms with Gasteiger partial charge in [0.1, 0.15) is 30.5 Å². The topological polar surface area (TPSA) is 178 Å². The molecule has 0 saturated carbocycles. The quantitative estimate of drug-likeness (QED) is 0.0197. The van der Waals surface area contributed by atoms with E-state index in [2.05, 4.69) is 30.2 Å². The van der Waals surface area contributed by atoms with Gasteiger partial charge in [-0.2, -0.15) is 8.42 Å². The lowest BCUT2D eigenvalue weighted by Gasteiger charge is -2.41. The van der Waals surface area contributed by atoms with E-state index in [1.807, 2.05) is 0 Å². The number of aliphatic hydroxyl groups is 3. The van der Waals surface area contributed by atoms with Crippen molar-refractivity contribution in [3.8, 4) is 0 Å². The number of carbonyl (C=O) groups is 1. The third kappa shape index (κ3) is 33.9. The van der Waals surface area contributed by atoms with E-state index in [0.717, 1.165) is 44.9 Å². The molecule has 1 saturated heterocycles. The number of unbranched alkanes of at least 4 members (excludes halogenated alkanes) is 29. The van der Waals surface area contributed by atoms with Gasteiger partial charge in [-0.05, 0) is 38.5 Å². The van der Waals surface area contributed by atoms with Gasteiger partial charge in [0.15, 0.2) is 6.29 Å². The summed E-state index contributed by atoms with van der Waals surface area (Å²) in [5.41, 5.74) is 0. The fraction of sp³-hybridized carbons (Fsp3) is 0.938. The predicted octanol–water partition coefficient (Wildman–Crippen LogP) is 11.0. The molecule has 12 nitrogen and oxygen atoms in total. The standard InChI is InChI=1S/C48H92O12S/c1-3-5-7-9-11-13-15-17-19-20-21-22-23-24-25-27-29-31-33-35-37-44(50)58-42(40-56-38-36-34-32-30-28-26-18-16-14-12-10-8-6-4-2)41-57-48-46(52)47(60-61(53,54)55)45(51)43(39-49)59-48/h14,16,42-43,45-49,51-52H,3-13,15,17-41H2,1-2H3,(H,53,54,55)/b16-14-. The van der Waals surface area contributed by atoms with Gasteiger partial charge in [-0.3, -0.25) is 9.35 Å². The highest BCUT2D eigenvalue weighted by Crippen LogP contribution is 2.26. The second-order valence-corrected chi connectivity index (χ2v) is 18.5. The molecule has 1 rings (SSSR count). The minimum atomic E-state index is -5.06. The van der Waals surface area contributed by atoms with Crippen LogP contribution in [0.3, 0.4) is 0 Å². The maximum Gasteiger partial charge on any atom is 0.397 e. The first-order chi connectivity index (χ1) is 29.6. The van der Waals surface area contributed by atoms with E-state index in [4.69, 9.17) is 18.9 Å². The predicted molar refractivity (Wildman–Crippen MR) is 244 cm³/mol. The average molecular weight is 893 g/mol. The van der Waals surface area contributed by atoms with Crippen molar-refractivity contribution in [2.45, 2.75) is 263 Å². The zero-order valence-corrected chi connectivity index (χ0v) is 39.6. The Morgan fingerprint density at radius 2 is 1.03 bits per heavy atom. The Kier molecular flexibility index (Phi) is 38.3. The summed E-state index contributed by atoms with van der Waals surface area (Å²) in [6.45, 7) is 4.00. The zero-order chi connectivity index (χ0) is 44.7. The van der Waals surface area contributed by atoms with Crippen LogP contribution in [0.25, 0.3) is 0 Å². The van der Waals surface area contributed by atoms with Gasteiger partial charge in [0.25, 0.3) is 0 Å². The van der Waals surface area contributed by atoms with Crippen LogP contribution in [-0.4, -0.2) is 97.5 Å². The average Bonchev–Trinajstić information content (AvgIpc) is 3.23. The number of rotatable bonds is 44. The molecule has 0 spiro atoms. The van der Waals surface area contributed by atoms with Crippen molar-refractivity contribution in [3.63, 3.8) is 0 Å². The Hall–Kier alpha value is -1.16. The van der Waals surface area contributed by atoms with Crippen LogP contribution < -0.4 is 0 Å². The van der Waals surface area contributed by atoms with E-state index in [-0.39, 0.29) is 19.6 Å². The maximum absolute atomic E-state index is 12.9. The SMILES string of the molecule is CCCCCC/C=C\CCCCCCCCOCC(COC1OC(CO)C(O)C(OS(=O)(=O)O)C1O)OC(=O)CCCCCCCCCCCCCCCCCCCCCC. The van der Waals surface area contributed by atoms with E-state index in [0.29, 0.717) is 13.0 Å². The van der Waals surface area contributed by atoms with Crippen LogP contribution in [0.5, 0.6) is 0 Å². The van der Waals surface area contributed by atoms with Crippen molar-refractivity contribution in [2.24, 2.45) is 0 Å². The van der Waals surface area contributed by atoms with Gasteiger partial charge in [-0.25, -0.2) is 4.18 Å². The van der Waals surface area contributed by atoms with Gasteiger partial charge in [0.05, 0.1) is 19.8 Å². The van der Waals surface area contributed by atoms with E-state index in [1.165, 1.54) is 154 Å². The Morgan fingerprint density at radius 3 is 1.49 bits per heavy atom. The lowest BCUT2D eigenvalue weighted by molar-refractivity contribution is -0.301. The molecule has 0 aromatic carbocycles. The molecular weight excluding hydrogens is 801 g/mol. The third-order valence-electron chi connectivity index (χ3n) is 11.6. The highest BCUT2D eigenvalue weighted by atomic mass is 32.3. The Bertz CT molecular complexity index is 1120. The molecule has 13 heteroatoms. The van der Waals surface area contributed by atoms with Gasteiger partial charge >= 0.3 is 16.4 Å². The fourth-order valence-corrected chi connectivity index (χ4v) is 8.35. The van der Waals surface area contributed by atoms with Crippen LogP contribution in [0.15, 0.2) is 12.2 Å². The lowest BCUT2D eigenvalue weighted by atomic mass is 9.99. The Balaban J connectivity index is 2.35. The first-order valence-electron chi connectivity index (χ1n) is 24.9. The van der Waals surface area contributed by atoms with Crippen molar-refractivity contribution in [1.29, 1.82) is 0 Å². The highest BCUT2D eigenvalue weighted by molar-refractivity contribution is 7.80. The molecule has 61 heavy (non-hydrogen) atoms. The summed E-state index contributed by atoms with van der Waals surface area (Å²) in [6.07, 6.45) is 35.3. The summed E-state index contributed by atoms with van der Waals surface area (Å²) < 4.78 is 59.2. The highest BCUT2D eigenvalue weighted by Gasteiger charge is 2.48. The maximum atomic E-state index is 12.9. The summed E-state index contributed by atoms with van der Waals surface area (Å²) in [4.78, 5) is 12.9. The Morgan fingerprint density at radius 1 is 0.607 bits per heavy atom. The van der Waals surface area contributed by atoms with E-state index >= 15 is 0 Å². The van der Waals surface area contributed by atoms with Crippen molar-refractivity contribution in [2.75, 3.05) is 26.4 Å². The molecule has 6 atom stereocenters. The molecule has 0 aliphatic carbocycles. The minimum absolute atomic E-state index is 0.0373. The molecule has 6 unspecified atom stereocenters. The molecule has 1 fully saturated rings. The summed E-state index contributed by atoms with van der Waals surface area (Å²) in [5.74, 6) is -0.396. The minimum Gasteiger partial charge on any atom is -0.457 e. The number of ether oxygens (including phenoxy) is 4. The second-order valence-electron chi connectivity index (χ2n) is 17.4. The smallest absolute Gasteiger partial charge is 0.397 e. The molecule has 0 amide bonds. The number of hydrogen-bond donors (Lipinski definition) is 4. The number of esters is 1. The van der Waals surface area contributed by atoms with Crippen molar-refractivity contribution >= 4 is 16.4 Å². The third-order valence-corrected chi connectivity index (χ3v) is 12.1. The van der Waals surface area contributed by atoms with E-state index < -0.39 is 59.8 Å². The summed E-state index contributed by atoms with van der Waals surface area (Å²) in [6, 6.07) is 0. The molecule has 4 N–H and O–H groups in total. The second kappa shape index (κ2) is 40.4. The monoisotopic (exact) mass is 893 g/mol. The van der Waals surface area contributed by atoms with E-state index in [9.17, 15) is 33.1 Å². The molecule has 0 aromatic rings. The number of aliphatic hydroxyl groups excluding tert-OH is 3. The molecule has 1 aliphatic heterocycles. The van der Waals surface area contributed by atoms with Crippen LogP contribution in [0.1, 0.15) is 226 Å². The fourth-order valence-electron chi connectivity index (χ4n) is 7.85. The normalized spacial score (nSPS) is 20.1. The van der Waals surface area contributed by atoms with Crippen molar-refractivity contribution in [3.05, 3.63) is 12.2 Å². The van der Waals surface area contributed by atoms with Crippen LogP contribution in [0, 0.1) is 0 Å². The van der Waals surface area contributed by atoms with Crippen molar-refractivity contribution in [1.82, 2.24) is 0 Å². The largest absolute Gasteiger partial charge is 0.457 e. The Labute approximate surface area is 372 Å². The van der Waals surface area contributed by atoms with E-state index in [1.54, 1.807) is 0 Å². The van der Waals surface area contributed by atoms with Gasteiger partial charge in [-0.1, -0.05) is 193 Å². The number of carbonyl (C=O) groups excluding carboxylic acids is 1. The van der Waals surface area contributed by atoms with Crippen LogP contribution in [-0.2, 0) is 38.3 Å². The number of hydrogen-bond acceptors (Lipinski definition) is 11. The summed E-state index contributed by atoms with van der Waals surface area (Å²) in [5, 5.41) is 30.7. The molecular formula is C48H92O12S. The lowest BCUT2D eigenvalue weighted by Crippen LogP contribution is -2.60. The molecule has 0 bridgehead atoms. The van der Waals surface area contributed by atoms with Crippen LogP contribution >= 0.6 is 0 Å². The van der Waals surface area contributed by atoms with Gasteiger partial charge in [0.2, 0.25) is 0 Å². The van der Waals surface area contributed by atoms with Gasteiger partial charge < -0.3 is 34.3 Å². The summed E-state index contributed by atoms with van der Waals surface area (Å²) in [7, 11) is -5.06. The number of allylic oxidation sites excluding steroid dienone is 2. The zero-order valence-electron chi connectivity index (χ0n) is 38.7. The first-order valence-corrected chi connectivity index (χ1v) is 26.3. The van der Waals surface area contributed by atoms with Crippen molar-refractivity contribution < 1.29 is 56.2 Å². The molecule has 0 aromatic heterocycles. The molecule has 1 aliphatic rings. The first kappa shape index (κ1) is 57.9. The van der Waals surface area contributed by atoms with Gasteiger partial charge in [0, 0.05) is 13.0 Å². The van der Waals surface area contributed by atoms with Gasteiger partial charge in [-0.15, -0.1) is 0 Å². The molecule has 362 valence electrons. The molecule has 1 heterocycles.